The topological polar surface area (TPSA) is 70.5 Å². The van der Waals surface area contributed by atoms with Crippen LogP contribution in [0.5, 0.6) is 5.75 Å². The van der Waals surface area contributed by atoms with Crippen molar-refractivity contribution in [1.82, 2.24) is 9.97 Å². The molecule has 1 aliphatic rings. The van der Waals surface area contributed by atoms with E-state index in [2.05, 4.69) is 16.5 Å². The van der Waals surface area contributed by atoms with Gasteiger partial charge in [0.2, 0.25) is 0 Å². The van der Waals surface area contributed by atoms with Crippen LogP contribution in [-0.4, -0.2) is 35.3 Å². The number of aromatic nitrogens is 2. The molecule has 0 aliphatic heterocycles. The second-order valence-corrected chi connectivity index (χ2v) is 8.85. The highest BCUT2D eigenvalue weighted by atomic mass is 16.5. The zero-order chi connectivity index (χ0) is 23.8. The third kappa shape index (κ3) is 9.64. The number of esters is 1. The van der Waals surface area contributed by atoms with E-state index in [1.165, 1.54) is 38.2 Å². The number of carbonyl (C=O) groups is 1. The molecule has 0 bridgehead atoms. The van der Waals surface area contributed by atoms with Gasteiger partial charge in [0.25, 0.3) is 0 Å². The van der Waals surface area contributed by atoms with Gasteiger partial charge in [-0.2, -0.15) is 0 Å². The summed E-state index contributed by atoms with van der Waals surface area (Å²) in [4.78, 5) is 20.0. The van der Waals surface area contributed by atoms with E-state index in [1.54, 1.807) is 0 Å². The van der Waals surface area contributed by atoms with Crippen LogP contribution < -0.4 is 4.74 Å². The van der Waals surface area contributed by atoms with Crippen LogP contribution >= 0.6 is 0 Å². The lowest BCUT2D eigenvalue weighted by atomic mass is 9.98. The number of unbranched alkanes of at least 4 members (excludes halogenated alkanes) is 5. The van der Waals surface area contributed by atoms with E-state index >= 15 is 0 Å². The van der Waals surface area contributed by atoms with Gasteiger partial charge in [0.05, 0.1) is 25.9 Å². The first-order valence-electron chi connectivity index (χ1n) is 12.7. The van der Waals surface area contributed by atoms with Gasteiger partial charge in [0.15, 0.2) is 5.82 Å². The fourth-order valence-electron chi connectivity index (χ4n) is 4.06. The van der Waals surface area contributed by atoms with E-state index in [0.717, 1.165) is 55.4 Å². The Hall–Kier alpha value is -2.73. The maximum atomic E-state index is 10.9. The Morgan fingerprint density at radius 3 is 2.24 bits per heavy atom. The molecule has 1 heterocycles. The zero-order valence-electron chi connectivity index (χ0n) is 20.3. The normalized spacial score (nSPS) is 14.0. The standard InChI is InChI=1S/C28H38N2O4/c1-2-27(31)33-19-11-6-4-3-5-10-18-32-26-16-14-24(15-17-26)28-29-20-23(21-30-28)22-34-25-12-8-7-9-13-25/h2,14-17,20-21,25H,1,3-13,18-19,22H2. The van der Waals surface area contributed by atoms with Gasteiger partial charge >= 0.3 is 5.97 Å². The predicted octanol–water partition coefficient (Wildman–Crippen LogP) is 6.44. The Morgan fingerprint density at radius 1 is 0.912 bits per heavy atom. The molecule has 1 aromatic heterocycles. The van der Waals surface area contributed by atoms with Crippen molar-refractivity contribution in [2.24, 2.45) is 0 Å². The monoisotopic (exact) mass is 466 g/mol. The van der Waals surface area contributed by atoms with Crippen LogP contribution in [0.2, 0.25) is 0 Å². The summed E-state index contributed by atoms with van der Waals surface area (Å²) in [6.45, 7) is 5.16. The molecule has 0 N–H and O–H groups in total. The number of hydrogen-bond donors (Lipinski definition) is 0. The maximum Gasteiger partial charge on any atom is 0.330 e. The minimum Gasteiger partial charge on any atom is -0.494 e. The van der Waals surface area contributed by atoms with E-state index in [-0.39, 0.29) is 5.97 Å². The average Bonchev–Trinajstić information content (AvgIpc) is 2.89. The van der Waals surface area contributed by atoms with Crippen molar-refractivity contribution in [1.29, 1.82) is 0 Å². The van der Waals surface area contributed by atoms with Gasteiger partial charge in [0.1, 0.15) is 5.75 Å². The molecule has 0 spiro atoms. The molecule has 0 atom stereocenters. The maximum absolute atomic E-state index is 10.9. The summed E-state index contributed by atoms with van der Waals surface area (Å²) in [7, 11) is 0. The molecule has 184 valence electrons. The van der Waals surface area contributed by atoms with Gasteiger partial charge in [-0.3, -0.25) is 0 Å². The molecule has 0 radical (unpaired) electrons. The smallest absolute Gasteiger partial charge is 0.330 e. The highest BCUT2D eigenvalue weighted by Crippen LogP contribution is 2.22. The zero-order valence-corrected chi connectivity index (χ0v) is 20.3. The Balaban J connectivity index is 1.27. The van der Waals surface area contributed by atoms with E-state index < -0.39 is 0 Å². The summed E-state index contributed by atoms with van der Waals surface area (Å²) in [5, 5.41) is 0. The van der Waals surface area contributed by atoms with Gasteiger partial charge in [0, 0.05) is 29.6 Å². The van der Waals surface area contributed by atoms with Crippen LogP contribution in [0.4, 0.5) is 0 Å². The molecule has 1 aliphatic carbocycles. The third-order valence-electron chi connectivity index (χ3n) is 6.07. The van der Waals surface area contributed by atoms with Crippen molar-refractivity contribution in [2.75, 3.05) is 13.2 Å². The second-order valence-electron chi connectivity index (χ2n) is 8.85. The Kier molecular flexibility index (Phi) is 11.6. The molecule has 1 fully saturated rings. The van der Waals surface area contributed by atoms with Gasteiger partial charge < -0.3 is 14.2 Å². The molecule has 0 saturated heterocycles. The first-order valence-corrected chi connectivity index (χ1v) is 12.7. The van der Waals surface area contributed by atoms with Crippen LogP contribution in [0.1, 0.15) is 76.2 Å². The number of ether oxygens (including phenoxy) is 3. The summed E-state index contributed by atoms with van der Waals surface area (Å²) in [5.74, 6) is 1.24. The highest BCUT2D eigenvalue weighted by Gasteiger charge is 2.13. The molecule has 2 aromatic rings. The first-order chi connectivity index (χ1) is 16.7. The van der Waals surface area contributed by atoms with Gasteiger partial charge in [-0.25, -0.2) is 14.8 Å². The Labute approximate surface area is 203 Å². The van der Waals surface area contributed by atoms with E-state index in [0.29, 0.717) is 31.7 Å². The van der Waals surface area contributed by atoms with Crippen molar-refractivity contribution >= 4 is 5.97 Å². The third-order valence-corrected chi connectivity index (χ3v) is 6.07. The van der Waals surface area contributed by atoms with Crippen molar-refractivity contribution in [3.63, 3.8) is 0 Å². The second kappa shape index (κ2) is 15.2. The van der Waals surface area contributed by atoms with E-state index in [4.69, 9.17) is 14.2 Å². The minimum atomic E-state index is -0.342. The first kappa shape index (κ1) is 25.9. The Bertz CT molecular complexity index is 846. The lowest BCUT2D eigenvalue weighted by Gasteiger charge is -2.21. The summed E-state index contributed by atoms with van der Waals surface area (Å²) in [5.41, 5.74) is 2.00. The van der Waals surface area contributed by atoms with Gasteiger partial charge in [-0.15, -0.1) is 0 Å². The van der Waals surface area contributed by atoms with Crippen LogP contribution in [0.3, 0.4) is 0 Å². The number of nitrogens with zero attached hydrogens (tertiary/aromatic N) is 2. The lowest BCUT2D eigenvalue weighted by molar-refractivity contribution is -0.137. The molecular formula is C28H38N2O4. The van der Waals surface area contributed by atoms with Gasteiger partial charge in [-0.1, -0.05) is 51.5 Å². The van der Waals surface area contributed by atoms with Gasteiger partial charge in [-0.05, 0) is 49.9 Å². The molecule has 0 amide bonds. The van der Waals surface area contributed by atoms with Crippen molar-refractivity contribution in [3.8, 4) is 17.1 Å². The molecule has 6 heteroatoms. The SMILES string of the molecule is C=CC(=O)OCCCCCCCCOc1ccc(-c2ncc(COC3CCCCC3)cn2)cc1. The summed E-state index contributed by atoms with van der Waals surface area (Å²) in [6, 6.07) is 7.96. The molecular weight excluding hydrogens is 428 g/mol. The van der Waals surface area contributed by atoms with E-state index in [9.17, 15) is 4.79 Å². The minimum absolute atomic E-state index is 0.342. The fraction of sp³-hybridized carbons (Fsp3) is 0.536. The highest BCUT2D eigenvalue weighted by molar-refractivity contribution is 5.81. The predicted molar refractivity (Wildman–Crippen MR) is 133 cm³/mol. The van der Waals surface area contributed by atoms with Crippen LogP contribution in [0.25, 0.3) is 11.4 Å². The van der Waals surface area contributed by atoms with Crippen molar-refractivity contribution in [2.45, 2.75) is 83.3 Å². The fourth-order valence-corrected chi connectivity index (χ4v) is 4.06. The van der Waals surface area contributed by atoms with Crippen LogP contribution in [0.15, 0.2) is 49.3 Å². The lowest BCUT2D eigenvalue weighted by Crippen LogP contribution is -2.16. The summed E-state index contributed by atoms with van der Waals surface area (Å²) in [6.07, 6.45) is 18.0. The van der Waals surface area contributed by atoms with E-state index in [1.807, 2.05) is 36.7 Å². The molecule has 1 aromatic carbocycles. The van der Waals surface area contributed by atoms with Crippen molar-refractivity contribution < 1.29 is 19.0 Å². The molecule has 0 unspecified atom stereocenters. The summed E-state index contributed by atoms with van der Waals surface area (Å²) >= 11 is 0. The van der Waals surface area contributed by atoms with Crippen molar-refractivity contribution in [3.05, 3.63) is 54.9 Å². The number of rotatable bonds is 15. The largest absolute Gasteiger partial charge is 0.494 e. The number of hydrogen-bond acceptors (Lipinski definition) is 6. The summed E-state index contributed by atoms with van der Waals surface area (Å²) < 4.78 is 16.8. The molecule has 34 heavy (non-hydrogen) atoms. The van der Waals surface area contributed by atoms with Crippen LogP contribution in [-0.2, 0) is 20.9 Å². The Morgan fingerprint density at radius 2 is 1.56 bits per heavy atom. The van der Waals surface area contributed by atoms with Crippen LogP contribution in [0, 0.1) is 0 Å². The number of benzene rings is 1. The quantitative estimate of drug-likeness (QED) is 0.171. The number of carbonyl (C=O) groups excluding carboxylic acids is 1. The average molecular weight is 467 g/mol. The molecule has 6 nitrogen and oxygen atoms in total. The molecule has 3 rings (SSSR count). The molecule has 1 saturated carbocycles.